The minimum absolute atomic E-state index is 0.000311. The zero-order chi connectivity index (χ0) is 19.4. The van der Waals surface area contributed by atoms with Crippen molar-refractivity contribution in [1.29, 1.82) is 0 Å². The first-order chi connectivity index (χ1) is 12.9. The number of aromatic nitrogens is 2. The predicted molar refractivity (Wildman–Crippen MR) is 114 cm³/mol. The number of Topliss-reactive ketones (excluding diaryl/α,β-unsaturated/α-hetero) is 1. The molecular weight excluding hydrogens is 403 g/mol. The number of thiocarbonyl (C=S) groups is 1. The number of ketones is 1. The number of halogens is 2. The molecule has 0 saturated carbocycles. The van der Waals surface area contributed by atoms with Crippen LogP contribution in [-0.4, -0.2) is 20.7 Å². The van der Waals surface area contributed by atoms with Crippen molar-refractivity contribution in [2.45, 2.75) is 13.5 Å². The first kappa shape index (κ1) is 19.4. The number of rotatable bonds is 5. The second kappa shape index (κ2) is 8.52. The van der Waals surface area contributed by atoms with Crippen molar-refractivity contribution >= 4 is 57.7 Å². The molecule has 0 aliphatic heterocycles. The van der Waals surface area contributed by atoms with Crippen molar-refractivity contribution < 1.29 is 4.79 Å². The third kappa shape index (κ3) is 5.29. The normalized spacial score (nSPS) is 10.5. The lowest BCUT2D eigenvalue weighted by molar-refractivity contribution is 0.101. The Bertz CT molecular complexity index is 1000. The molecule has 0 spiro atoms. The minimum atomic E-state index is -0.000311. The van der Waals surface area contributed by atoms with Gasteiger partial charge < -0.3 is 10.6 Å². The molecule has 0 amide bonds. The van der Waals surface area contributed by atoms with Crippen LogP contribution in [-0.2, 0) is 6.54 Å². The summed E-state index contributed by atoms with van der Waals surface area (Å²) in [5, 5.41) is 12.0. The molecule has 2 N–H and O–H groups in total. The summed E-state index contributed by atoms with van der Waals surface area (Å²) in [4.78, 5) is 11.5. The smallest absolute Gasteiger partial charge is 0.175 e. The van der Waals surface area contributed by atoms with Crippen molar-refractivity contribution in [2.24, 2.45) is 0 Å². The molecular formula is C19H16Cl2N4OS. The monoisotopic (exact) mass is 418 g/mol. The fourth-order valence-electron chi connectivity index (χ4n) is 2.45. The van der Waals surface area contributed by atoms with Crippen molar-refractivity contribution in [3.8, 4) is 0 Å². The van der Waals surface area contributed by atoms with E-state index in [1.807, 2.05) is 18.3 Å². The fraction of sp³-hybridized carbons (Fsp3) is 0.105. The molecule has 2 aromatic carbocycles. The van der Waals surface area contributed by atoms with E-state index in [1.165, 1.54) is 6.92 Å². The molecule has 0 aliphatic carbocycles. The Morgan fingerprint density at radius 2 is 1.93 bits per heavy atom. The van der Waals surface area contributed by atoms with Crippen molar-refractivity contribution in [1.82, 2.24) is 9.78 Å². The number of benzene rings is 2. The lowest BCUT2D eigenvalue weighted by Gasteiger charge is -2.09. The molecule has 1 heterocycles. The average Bonchev–Trinajstić information content (AvgIpc) is 3.04. The van der Waals surface area contributed by atoms with E-state index < -0.39 is 0 Å². The number of hydrogen-bond donors (Lipinski definition) is 2. The molecule has 27 heavy (non-hydrogen) atoms. The highest BCUT2D eigenvalue weighted by molar-refractivity contribution is 7.80. The van der Waals surface area contributed by atoms with Gasteiger partial charge in [0, 0.05) is 27.5 Å². The average molecular weight is 419 g/mol. The van der Waals surface area contributed by atoms with Crippen LogP contribution in [0.15, 0.2) is 54.9 Å². The van der Waals surface area contributed by atoms with E-state index in [1.54, 1.807) is 41.2 Å². The highest BCUT2D eigenvalue weighted by atomic mass is 35.5. The van der Waals surface area contributed by atoms with Gasteiger partial charge >= 0.3 is 0 Å². The Kier molecular flexibility index (Phi) is 6.11. The molecule has 0 unspecified atom stereocenters. The summed E-state index contributed by atoms with van der Waals surface area (Å²) in [6.07, 6.45) is 3.49. The van der Waals surface area contributed by atoms with E-state index in [0.717, 1.165) is 16.9 Å². The zero-order valence-electron chi connectivity index (χ0n) is 14.4. The maximum Gasteiger partial charge on any atom is 0.175 e. The number of anilines is 2. The quantitative estimate of drug-likeness (QED) is 0.437. The van der Waals surface area contributed by atoms with Crippen LogP contribution in [0.3, 0.4) is 0 Å². The summed E-state index contributed by atoms with van der Waals surface area (Å²) in [5.74, 6) is -0.000311. The third-order valence-electron chi connectivity index (χ3n) is 3.77. The summed E-state index contributed by atoms with van der Waals surface area (Å²) >= 11 is 17.4. The Morgan fingerprint density at radius 3 is 2.67 bits per heavy atom. The minimum Gasteiger partial charge on any atom is -0.332 e. The van der Waals surface area contributed by atoms with Gasteiger partial charge in [-0.15, -0.1) is 0 Å². The van der Waals surface area contributed by atoms with Gasteiger partial charge in [0.25, 0.3) is 0 Å². The van der Waals surface area contributed by atoms with E-state index in [9.17, 15) is 4.79 Å². The number of nitrogens with zero attached hydrogens (tertiary/aromatic N) is 2. The topological polar surface area (TPSA) is 59.0 Å². The summed E-state index contributed by atoms with van der Waals surface area (Å²) in [5.41, 5.74) is 3.01. The Balaban J connectivity index is 1.62. The van der Waals surface area contributed by atoms with Crippen LogP contribution >= 0.6 is 35.4 Å². The van der Waals surface area contributed by atoms with E-state index in [4.69, 9.17) is 35.4 Å². The van der Waals surface area contributed by atoms with Gasteiger partial charge in [-0.05, 0) is 49.0 Å². The SMILES string of the molecule is CC(=O)c1cccc(NC(=S)Nc2cnn(Cc3ccc(Cl)cc3Cl)c2)c1. The summed E-state index contributed by atoms with van der Waals surface area (Å²) in [6, 6.07) is 12.5. The molecule has 8 heteroatoms. The van der Waals surface area contributed by atoms with Gasteiger partial charge in [-0.25, -0.2) is 0 Å². The van der Waals surface area contributed by atoms with Gasteiger partial charge in [0.1, 0.15) is 0 Å². The van der Waals surface area contributed by atoms with Crippen LogP contribution in [0, 0.1) is 0 Å². The molecule has 5 nitrogen and oxygen atoms in total. The second-order valence-corrected chi connectivity index (χ2v) is 7.13. The Morgan fingerprint density at radius 1 is 1.15 bits per heavy atom. The molecule has 3 rings (SSSR count). The van der Waals surface area contributed by atoms with Gasteiger partial charge in [-0.3, -0.25) is 9.48 Å². The van der Waals surface area contributed by atoms with Crippen molar-refractivity contribution in [3.05, 3.63) is 76.0 Å². The number of carbonyl (C=O) groups excluding carboxylic acids is 1. The van der Waals surface area contributed by atoms with Crippen LogP contribution in [0.25, 0.3) is 0 Å². The number of carbonyl (C=O) groups is 1. The highest BCUT2D eigenvalue weighted by Gasteiger charge is 2.06. The van der Waals surface area contributed by atoms with Gasteiger partial charge in [0.15, 0.2) is 10.9 Å². The van der Waals surface area contributed by atoms with Crippen molar-refractivity contribution in [2.75, 3.05) is 10.6 Å². The number of hydrogen-bond acceptors (Lipinski definition) is 3. The van der Waals surface area contributed by atoms with Crippen LogP contribution < -0.4 is 10.6 Å². The Labute approximate surface area is 172 Å². The molecule has 0 fully saturated rings. The van der Waals surface area contributed by atoms with E-state index in [2.05, 4.69) is 15.7 Å². The lowest BCUT2D eigenvalue weighted by Crippen LogP contribution is -2.19. The summed E-state index contributed by atoms with van der Waals surface area (Å²) < 4.78 is 1.75. The molecule has 138 valence electrons. The zero-order valence-corrected chi connectivity index (χ0v) is 16.7. The summed E-state index contributed by atoms with van der Waals surface area (Å²) in [7, 11) is 0. The van der Waals surface area contributed by atoms with Crippen LogP contribution in [0.2, 0.25) is 10.0 Å². The molecule has 0 radical (unpaired) electrons. The summed E-state index contributed by atoms with van der Waals surface area (Å²) in [6.45, 7) is 2.04. The van der Waals surface area contributed by atoms with Gasteiger partial charge in [0.2, 0.25) is 0 Å². The first-order valence-corrected chi connectivity index (χ1v) is 9.22. The van der Waals surface area contributed by atoms with E-state index in [-0.39, 0.29) is 5.78 Å². The van der Waals surface area contributed by atoms with Crippen LogP contribution in [0.4, 0.5) is 11.4 Å². The van der Waals surface area contributed by atoms with E-state index in [0.29, 0.717) is 27.3 Å². The highest BCUT2D eigenvalue weighted by Crippen LogP contribution is 2.22. The Hall–Kier alpha value is -2.41. The van der Waals surface area contributed by atoms with Gasteiger partial charge in [-0.2, -0.15) is 5.10 Å². The first-order valence-electron chi connectivity index (χ1n) is 8.06. The third-order valence-corrected chi connectivity index (χ3v) is 4.56. The molecule has 0 bridgehead atoms. The number of nitrogens with one attached hydrogen (secondary N) is 2. The molecule has 1 aromatic heterocycles. The maximum absolute atomic E-state index is 11.5. The molecule has 0 atom stereocenters. The molecule has 3 aromatic rings. The van der Waals surface area contributed by atoms with Crippen LogP contribution in [0.1, 0.15) is 22.8 Å². The predicted octanol–water partition coefficient (Wildman–Crippen LogP) is 5.25. The van der Waals surface area contributed by atoms with Gasteiger partial charge in [0.05, 0.1) is 18.4 Å². The molecule has 0 aliphatic rings. The lowest BCUT2D eigenvalue weighted by atomic mass is 10.1. The van der Waals surface area contributed by atoms with Crippen molar-refractivity contribution in [3.63, 3.8) is 0 Å². The van der Waals surface area contributed by atoms with E-state index >= 15 is 0 Å². The maximum atomic E-state index is 11.5. The largest absolute Gasteiger partial charge is 0.332 e. The standard InChI is InChI=1S/C19H16Cl2N4OS/c1-12(26)13-3-2-4-16(7-13)23-19(27)24-17-9-22-25(11-17)10-14-5-6-15(20)8-18(14)21/h2-9,11H,10H2,1H3,(H2,23,24,27). The van der Waals surface area contributed by atoms with Gasteiger partial charge in [-0.1, -0.05) is 41.4 Å². The van der Waals surface area contributed by atoms with Crippen LogP contribution in [0.5, 0.6) is 0 Å². The fourth-order valence-corrected chi connectivity index (χ4v) is 3.15. The molecule has 0 saturated heterocycles. The second-order valence-electron chi connectivity index (χ2n) is 5.88.